The van der Waals surface area contributed by atoms with Gasteiger partial charge >= 0.3 is 0 Å². The van der Waals surface area contributed by atoms with Crippen molar-refractivity contribution in [3.8, 4) is 0 Å². The summed E-state index contributed by atoms with van der Waals surface area (Å²) < 4.78 is 10.9. The molecule has 0 saturated carbocycles. The Kier molecular flexibility index (Phi) is 6.49. The quantitative estimate of drug-likeness (QED) is 0.609. The van der Waals surface area contributed by atoms with E-state index in [0.717, 1.165) is 92.4 Å². The molecule has 0 amide bonds. The van der Waals surface area contributed by atoms with E-state index >= 15 is 0 Å². The van der Waals surface area contributed by atoms with Gasteiger partial charge in [0.25, 0.3) is 0 Å². The minimum atomic E-state index is 0.674. The maximum absolute atomic E-state index is 5.48. The standard InChI is InChI=1S/C23H30N6O2S/c1-16-17(2)32-23-21(16)22(26-19(27-23)15-28-5-9-30-10-6-28)25-14-18-3-4-20(24-13-18)29-7-11-31-12-8-29/h3-4,13H,5-12,14-15H2,1-2H3,(H,25,26,27). The van der Waals surface area contributed by atoms with E-state index in [1.54, 1.807) is 11.3 Å². The first-order valence-electron chi connectivity index (χ1n) is 11.3. The van der Waals surface area contributed by atoms with Crippen LogP contribution in [-0.2, 0) is 22.6 Å². The van der Waals surface area contributed by atoms with E-state index in [1.165, 1.54) is 10.4 Å². The highest BCUT2D eigenvalue weighted by Gasteiger charge is 2.18. The van der Waals surface area contributed by atoms with Crippen LogP contribution in [0.1, 0.15) is 21.8 Å². The zero-order valence-corrected chi connectivity index (χ0v) is 19.6. The maximum atomic E-state index is 5.48. The van der Waals surface area contributed by atoms with Crippen LogP contribution in [0.3, 0.4) is 0 Å². The number of rotatable bonds is 6. The van der Waals surface area contributed by atoms with E-state index < -0.39 is 0 Å². The van der Waals surface area contributed by atoms with Gasteiger partial charge in [-0.2, -0.15) is 0 Å². The average Bonchev–Trinajstić information content (AvgIpc) is 3.12. The van der Waals surface area contributed by atoms with Crippen LogP contribution in [0.25, 0.3) is 10.2 Å². The molecule has 0 spiro atoms. The lowest BCUT2D eigenvalue weighted by Gasteiger charge is -2.27. The van der Waals surface area contributed by atoms with E-state index in [9.17, 15) is 0 Å². The van der Waals surface area contributed by atoms with E-state index in [0.29, 0.717) is 6.54 Å². The molecule has 170 valence electrons. The summed E-state index contributed by atoms with van der Waals surface area (Å²) in [4.78, 5) is 21.5. The highest BCUT2D eigenvalue weighted by Crippen LogP contribution is 2.33. The Morgan fingerprint density at radius 2 is 1.75 bits per heavy atom. The highest BCUT2D eigenvalue weighted by molar-refractivity contribution is 7.18. The molecule has 8 nitrogen and oxygen atoms in total. The Morgan fingerprint density at radius 3 is 2.47 bits per heavy atom. The molecule has 3 aromatic rings. The number of aryl methyl sites for hydroxylation is 2. The van der Waals surface area contributed by atoms with Gasteiger partial charge in [-0.15, -0.1) is 11.3 Å². The first-order chi connectivity index (χ1) is 15.7. The van der Waals surface area contributed by atoms with Crippen LogP contribution in [0.4, 0.5) is 11.6 Å². The molecule has 0 unspecified atom stereocenters. The zero-order chi connectivity index (χ0) is 21.9. The van der Waals surface area contributed by atoms with Crippen LogP contribution in [0, 0.1) is 13.8 Å². The summed E-state index contributed by atoms with van der Waals surface area (Å²) in [5, 5.41) is 4.71. The molecule has 2 aliphatic rings. The number of pyridine rings is 1. The Morgan fingerprint density at radius 1 is 1.00 bits per heavy atom. The van der Waals surface area contributed by atoms with Gasteiger partial charge in [-0.1, -0.05) is 6.07 Å². The first-order valence-corrected chi connectivity index (χ1v) is 12.1. The van der Waals surface area contributed by atoms with Crippen molar-refractivity contribution in [2.24, 2.45) is 0 Å². The minimum Gasteiger partial charge on any atom is -0.379 e. The van der Waals surface area contributed by atoms with E-state index in [4.69, 9.17) is 19.4 Å². The molecule has 1 N–H and O–H groups in total. The number of thiophene rings is 1. The fraction of sp³-hybridized carbons (Fsp3) is 0.522. The summed E-state index contributed by atoms with van der Waals surface area (Å²) in [7, 11) is 0. The molecule has 5 rings (SSSR count). The van der Waals surface area contributed by atoms with Crippen LogP contribution in [-0.4, -0.2) is 72.5 Å². The summed E-state index contributed by atoms with van der Waals surface area (Å²) in [6.45, 7) is 12.5. The van der Waals surface area contributed by atoms with E-state index in [-0.39, 0.29) is 0 Å². The summed E-state index contributed by atoms with van der Waals surface area (Å²) in [6.07, 6.45) is 1.95. The van der Waals surface area contributed by atoms with Crippen molar-refractivity contribution in [2.75, 3.05) is 62.8 Å². The largest absolute Gasteiger partial charge is 0.379 e. The number of fused-ring (bicyclic) bond motifs is 1. The van der Waals surface area contributed by atoms with Crippen LogP contribution in [0.5, 0.6) is 0 Å². The van der Waals surface area contributed by atoms with Crippen LogP contribution in [0.15, 0.2) is 18.3 Å². The highest BCUT2D eigenvalue weighted by atomic mass is 32.1. The fourth-order valence-electron chi connectivity index (χ4n) is 4.14. The molecule has 2 fully saturated rings. The molecule has 0 atom stereocenters. The minimum absolute atomic E-state index is 0.674. The van der Waals surface area contributed by atoms with Crippen molar-refractivity contribution < 1.29 is 9.47 Å². The van der Waals surface area contributed by atoms with Crippen molar-refractivity contribution in [3.63, 3.8) is 0 Å². The lowest BCUT2D eigenvalue weighted by atomic mass is 10.2. The van der Waals surface area contributed by atoms with Crippen LogP contribution in [0.2, 0.25) is 0 Å². The van der Waals surface area contributed by atoms with Gasteiger partial charge < -0.3 is 19.7 Å². The predicted molar refractivity (Wildman–Crippen MR) is 128 cm³/mol. The van der Waals surface area contributed by atoms with Crippen molar-refractivity contribution in [1.82, 2.24) is 19.9 Å². The summed E-state index contributed by atoms with van der Waals surface area (Å²) in [6, 6.07) is 4.24. The smallest absolute Gasteiger partial charge is 0.146 e. The summed E-state index contributed by atoms with van der Waals surface area (Å²) in [5.74, 6) is 2.79. The average molecular weight is 455 g/mol. The van der Waals surface area contributed by atoms with Crippen molar-refractivity contribution >= 4 is 33.2 Å². The number of hydrogen-bond donors (Lipinski definition) is 1. The normalized spacial score (nSPS) is 17.8. The molecule has 9 heteroatoms. The molecule has 0 radical (unpaired) electrons. The Bertz CT molecular complexity index is 1060. The Labute approximate surface area is 192 Å². The van der Waals surface area contributed by atoms with Gasteiger partial charge in [0.1, 0.15) is 22.3 Å². The molecular weight excluding hydrogens is 424 g/mol. The first kappa shape index (κ1) is 21.5. The van der Waals surface area contributed by atoms with Crippen LogP contribution < -0.4 is 10.2 Å². The monoisotopic (exact) mass is 454 g/mol. The number of nitrogens with zero attached hydrogens (tertiary/aromatic N) is 5. The zero-order valence-electron chi connectivity index (χ0n) is 18.8. The second-order valence-corrected chi connectivity index (χ2v) is 9.52. The molecule has 0 aromatic carbocycles. The molecule has 3 aromatic heterocycles. The SMILES string of the molecule is Cc1sc2nc(CN3CCOCC3)nc(NCc3ccc(N4CCOCC4)nc3)c2c1C. The predicted octanol–water partition coefficient (Wildman–Crippen LogP) is 2.98. The van der Waals surface area contributed by atoms with Gasteiger partial charge in [-0.05, 0) is 31.0 Å². The number of nitrogens with one attached hydrogen (secondary N) is 1. The van der Waals surface area contributed by atoms with Crippen molar-refractivity contribution in [3.05, 3.63) is 40.2 Å². The van der Waals surface area contributed by atoms with Crippen molar-refractivity contribution in [1.29, 1.82) is 0 Å². The molecule has 2 saturated heterocycles. The third-order valence-electron chi connectivity index (χ3n) is 6.15. The number of morpholine rings is 2. The second-order valence-electron chi connectivity index (χ2n) is 8.32. The van der Waals surface area contributed by atoms with Gasteiger partial charge in [-0.3, -0.25) is 4.90 Å². The molecule has 5 heterocycles. The Hall–Kier alpha value is -2.33. The number of aromatic nitrogens is 3. The van der Waals surface area contributed by atoms with E-state index in [1.807, 2.05) is 6.20 Å². The number of ether oxygens (including phenoxy) is 2. The van der Waals surface area contributed by atoms with E-state index in [2.05, 4.69) is 46.1 Å². The number of anilines is 2. The number of hydrogen-bond acceptors (Lipinski definition) is 9. The van der Waals surface area contributed by atoms with Gasteiger partial charge in [0.05, 0.1) is 38.4 Å². The molecule has 0 aliphatic carbocycles. The maximum Gasteiger partial charge on any atom is 0.146 e. The molecular formula is C23H30N6O2S. The van der Waals surface area contributed by atoms with Gasteiger partial charge in [-0.25, -0.2) is 15.0 Å². The summed E-state index contributed by atoms with van der Waals surface area (Å²) >= 11 is 1.75. The van der Waals surface area contributed by atoms with Crippen molar-refractivity contribution in [2.45, 2.75) is 26.9 Å². The second kappa shape index (κ2) is 9.66. The summed E-state index contributed by atoms with van der Waals surface area (Å²) in [5.41, 5.74) is 2.39. The molecule has 2 aliphatic heterocycles. The molecule has 32 heavy (non-hydrogen) atoms. The van der Waals surface area contributed by atoms with Gasteiger partial charge in [0, 0.05) is 43.8 Å². The van der Waals surface area contributed by atoms with Crippen LogP contribution >= 0.6 is 11.3 Å². The molecule has 0 bridgehead atoms. The fourth-order valence-corrected chi connectivity index (χ4v) is 5.19. The Balaban J connectivity index is 1.34. The van der Waals surface area contributed by atoms with Gasteiger partial charge in [0.15, 0.2) is 0 Å². The topological polar surface area (TPSA) is 75.6 Å². The van der Waals surface area contributed by atoms with Gasteiger partial charge in [0.2, 0.25) is 0 Å². The lowest BCUT2D eigenvalue weighted by Crippen LogP contribution is -2.36. The lowest BCUT2D eigenvalue weighted by molar-refractivity contribution is 0.0331. The third-order valence-corrected chi connectivity index (χ3v) is 7.25. The third kappa shape index (κ3) is 4.71.